The van der Waals surface area contributed by atoms with Gasteiger partial charge in [0, 0.05) is 12.3 Å². The van der Waals surface area contributed by atoms with Gasteiger partial charge in [0.15, 0.2) is 5.78 Å². The molecule has 0 saturated carbocycles. The highest BCUT2D eigenvalue weighted by atomic mass is 28.3. The number of Topliss-reactive ketones (excluding diaryl/α,β-unsaturated/α-hetero) is 1. The molecule has 1 aliphatic rings. The first-order chi connectivity index (χ1) is 7.29. The van der Waals surface area contributed by atoms with Crippen molar-refractivity contribution in [2.75, 3.05) is 0 Å². The van der Waals surface area contributed by atoms with Crippen LogP contribution >= 0.6 is 0 Å². The standard InChI is InChI=1S/C14H24OSi/c1-7-12(15)14-11(3)10(2)8-9-13(14)16(4,5)6/h8,11H,7,9H2,1-6H3/t11-/m0/s1. The van der Waals surface area contributed by atoms with Crippen LogP contribution in [0.5, 0.6) is 0 Å². The van der Waals surface area contributed by atoms with E-state index in [2.05, 4.69) is 39.6 Å². The molecular formula is C14H24OSi. The smallest absolute Gasteiger partial charge is 0.158 e. The monoisotopic (exact) mass is 236 g/mol. The quantitative estimate of drug-likeness (QED) is 0.532. The van der Waals surface area contributed by atoms with Gasteiger partial charge in [-0.05, 0) is 18.9 Å². The lowest BCUT2D eigenvalue weighted by Gasteiger charge is -2.31. The van der Waals surface area contributed by atoms with Crippen molar-refractivity contribution in [3.05, 3.63) is 22.4 Å². The van der Waals surface area contributed by atoms with Crippen LogP contribution in [0.25, 0.3) is 0 Å². The minimum atomic E-state index is -1.36. The highest BCUT2D eigenvalue weighted by Gasteiger charge is 2.30. The van der Waals surface area contributed by atoms with E-state index in [9.17, 15) is 4.79 Å². The molecule has 2 heteroatoms. The minimum absolute atomic E-state index is 0.336. The van der Waals surface area contributed by atoms with Crippen LogP contribution in [0.15, 0.2) is 22.4 Å². The molecule has 0 spiro atoms. The molecule has 0 aromatic heterocycles. The zero-order valence-electron chi connectivity index (χ0n) is 11.5. The average molecular weight is 236 g/mol. The van der Waals surface area contributed by atoms with Crippen LogP contribution in [0.2, 0.25) is 19.6 Å². The highest BCUT2D eigenvalue weighted by molar-refractivity contribution is 6.83. The van der Waals surface area contributed by atoms with E-state index in [1.807, 2.05) is 6.92 Å². The lowest BCUT2D eigenvalue weighted by Crippen LogP contribution is -2.31. The Balaban J connectivity index is 3.25. The van der Waals surface area contributed by atoms with Gasteiger partial charge in [0.2, 0.25) is 0 Å². The van der Waals surface area contributed by atoms with Gasteiger partial charge in [0.25, 0.3) is 0 Å². The van der Waals surface area contributed by atoms with E-state index >= 15 is 0 Å². The molecule has 0 fully saturated rings. The molecule has 1 aliphatic carbocycles. The zero-order valence-corrected chi connectivity index (χ0v) is 12.5. The summed E-state index contributed by atoms with van der Waals surface area (Å²) >= 11 is 0. The Labute approximate surface area is 101 Å². The normalized spacial score (nSPS) is 22.1. The van der Waals surface area contributed by atoms with Gasteiger partial charge < -0.3 is 0 Å². The Kier molecular flexibility index (Phi) is 3.95. The van der Waals surface area contributed by atoms with Gasteiger partial charge in [0.05, 0.1) is 8.07 Å². The number of hydrogen-bond acceptors (Lipinski definition) is 1. The van der Waals surface area contributed by atoms with Crippen LogP contribution in [0.4, 0.5) is 0 Å². The summed E-state index contributed by atoms with van der Waals surface area (Å²) in [6.07, 6.45) is 3.96. The molecular weight excluding hydrogens is 212 g/mol. The second kappa shape index (κ2) is 4.70. The molecule has 90 valence electrons. The predicted molar refractivity (Wildman–Crippen MR) is 73.2 cm³/mol. The van der Waals surface area contributed by atoms with E-state index in [0.717, 1.165) is 12.0 Å². The maximum absolute atomic E-state index is 12.1. The molecule has 1 rings (SSSR count). The Hall–Kier alpha value is -0.633. The molecule has 16 heavy (non-hydrogen) atoms. The van der Waals surface area contributed by atoms with Crippen LogP contribution in [0.3, 0.4) is 0 Å². The summed E-state index contributed by atoms with van der Waals surface area (Å²) in [5, 5.41) is 1.47. The summed E-state index contributed by atoms with van der Waals surface area (Å²) in [5.41, 5.74) is 2.50. The SMILES string of the molecule is CCC(=O)C1=C([Si](C)(C)C)CC=C(C)[C@@H]1C. The second-order valence-electron chi connectivity index (χ2n) is 5.79. The Morgan fingerprint density at radius 2 is 2.00 bits per heavy atom. The molecule has 0 heterocycles. The largest absolute Gasteiger partial charge is 0.295 e. The van der Waals surface area contributed by atoms with Gasteiger partial charge in [-0.15, -0.1) is 0 Å². The molecule has 0 saturated heterocycles. The Bertz CT molecular complexity index is 355. The van der Waals surface area contributed by atoms with Crippen LogP contribution in [0.1, 0.15) is 33.6 Å². The number of ketones is 1. The number of carbonyl (C=O) groups is 1. The van der Waals surface area contributed by atoms with Crippen molar-refractivity contribution in [2.24, 2.45) is 5.92 Å². The van der Waals surface area contributed by atoms with Gasteiger partial charge >= 0.3 is 0 Å². The van der Waals surface area contributed by atoms with Gasteiger partial charge in [-0.3, -0.25) is 4.79 Å². The van der Waals surface area contributed by atoms with Gasteiger partial charge in [0.1, 0.15) is 0 Å². The molecule has 0 aromatic carbocycles. The van der Waals surface area contributed by atoms with E-state index in [1.165, 1.54) is 10.8 Å². The molecule has 0 radical (unpaired) electrons. The molecule has 0 aromatic rings. The van der Waals surface area contributed by atoms with E-state index in [4.69, 9.17) is 0 Å². The molecule has 0 bridgehead atoms. The van der Waals surface area contributed by atoms with Crippen LogP contribution in [0, 0.1) is 5.92 Å². The van der Waals surface area contributed by atoms with Crippen LogP contribution < -0.4 is 0 Å². The summed E-state index contributed by atoms with van der Waals surface area (Å²) in [7, 11) is -1.36. The van der Waals surface area contributed by atoms with Crippen molar-refractivity contribution >= 4 is 13.9 Å². The average Bonchev–Trinajstić information content (AvgIpc) is 2.19. The minimum Gasteiger partial charge on any atom is -0.295 e. The first-order valence-electron chi connectivity index (χ1n) is 6.22. The Morgan fingerprint density at radius 3 is 2.44 bits per heavy atom. The highest BCUT2D eigenvalue weighted by Crippen LogP contribution is 2.35. The second-order valence-corrected chi connectivity index (χ2v) is 10.9. The molecule has 1 atom stereocenters. The number of carbonyl (C=O) groups excluding carboxylic acids is 1. The van der Waals surface area contributed by atoms with Crippen molar-refractivity contribution in [2.45, 2.75) is 53.3 Å². The zero-order chi connectivity index (χ0) is 12.5. The fourth-order valence-electron chi connectivity index (χ4n) is 2.35. The van der Waals surface area contributed by atoms with Crippen LogP contribution in [-0.4, -0.2) is 13.9 Å². The fourth-order valence-corrected chi connectivity index (χ4v) is 4.23. The molecule has 0 N–H and O–H groups in total. The summed E-state index contributed by atoms with van der Waals surface area (Å²) in [5.74, 6) is 0.695. The van der Waals surface area contributed by atoms with E-state index in [1.54, 1.807) is 0 Å². The van der Waals surface area contributed by atoms with Crippen molar-refractivity contribution < 1.29 is 4.79 Å². The predicted octanol–water partition coefficient (Wildman–Crippen LogP) is 4.13. The van der Waals surface area contributed by atoms with E-state index < -0.39 is 8.07 Å². The van der Waals surface area contributed by atoms with Crippen molar-refractivity contribution in [3.63, 3.8) is 0 Å². The van der Waals surface area contributed by atoms with E-state index in [0.29, 0.717) is 18.1 Å². The lowest BCUT2D eigenvalue weighted by atomic mass is 9.85. The summed E-state index contributed by atoms with van der Waals surface area (Å²) in [4.78, 5) is 12.1. The number of allylic oxidation sites excluding steroid dienone is 4. The lowest BCUT2D eigenvalue weighted by molar-refractivity contribution is -0.115. The van der Waals surface area contributed by atoms with Crippen molar-refractivity contribution in [1.29, 1.82) is 0 Å². The molecule has 0 unspecified atom stereocenters. The van der Waals surface area contributed by atoms with Gasteiger partial charge in [-0.25, -0.2) is 0 Å². The summed E-state index contributed by atoms with van der Waals surface area (Å²) in [6.45, 7) is 13.3. The maximum Gasteiger partial charge on any atom is 0.158 e. The third kappa shape index (κ3) is 2.54. The van der Waals surface area contributed by atoms with Gasteiger partial charge in [-0.1, -0.05) is 50.3 Å². The first kappa shape index (κ1) is 13.4. The molecule has 1 nitrogen and oxygen atoms in total. The van der Waals surface area contributed by atoms with E-state index in [-0.39, 0.29) is 0 Å². The van der Waals surface area contributed by atoms with Crippen LogP contribution in [-0.2, 0) is 4.79 Å². The Morgan fingerprint density at radius 1 is 1.44 bits per heavy atom. The molecule has 0 aliphatic heterocycles. The fraction of sp³-hybridized carbons (Fsp3) is 0.643. The maximum atomic E-state index is 12.1. The summed E-state index contributed by atoms with van der Waals surface area (Å²) < 4.78 is 0. The topological polar surface area (TPSA) is 17.1 Å². The van der Waals surface area contributed by atoms with Gasteiger partial charge in [-0.2, -0.15) is 0 Å². The third-order valence-electron chi connectivity index (χ3n) is 3.60. The third-order valence-corrected chi connectivity index (χ3v) is 5.88. The molecule has 0 amide bonds. The summed E-state index contributed by atoms with van der Waals surface area (Å²) in [6, 6.07) is 0. The number of rotatable bonds is 3. The number of hydrogen-bond donors (Lipinski definition) is 0. The van der Waals surface area contributed by atoms with Crippen molar-refractivity contribution in [1.82, 2.24) is 0 Å². The first-order valence-corrected chi connectivity index (χ1v) is 9.72. The van der Waals surface area contributed by atoms with Crippen molar-refractivity contribution in [3.8, 4) is 0 Å².